The molecule has 1 atom stereocenters. The largest absolute Gasteiger partial charge is 0.495 e. The molecule has 0 aliphatic heterocycles. The molecule has 0 aromatic heterocycles. The molecule has 1 aromatic carbocycles. The lowest BCUT2D eigenvalue weighted by molar-refractivity contribution is -0.117. The van der Waals surface area contributed by atoms with E-state index in [0.717, 1.165) is 6.42 Å². The Morgan fingerprint density at radius 2 is 2.29 bits per heavy atom. The van der Waals surface area contributed by atoms with Gasteiger partial charge in [-0.2, -0.15) is 0 Å². The Balaban J connectivity index is 2.71. The summed E-state index contributed by atoms with van der Waals surface area (Å²) in [4.78, 5) is 11.7. The van der Waals surface area contributed by atoms with E-state index in [1.807, 2.05) is 6.92 Å². The molecule has 0 aliphatic rings. The van der Waals surface area contributed by atoms with Crippen molar-refractivity contribution in [3.05, 3.63) is 23.2 Å². The molecule has 5 heteroatoms. The van der Waals surface area contributed by atoms with E-state index in [1.54, 1.807) is 18.2 Å². The summed E-state index contributed by atoms with van der Waals surface area (Å²) < 4.78 is 5.06. The molecule has 1 amide bonds. The number of carbonyl (C=O) groups is 1. The molecular formula is C12H17ClN2O2. The topological polar surface area (TPSA) is 64.4 Å². The third kappa shape index (κ3) is 3.91. The molecular weight excluding hydrogens is 240 g/mol. The van der Waals surface area contributed by atoms with Crippen LogP contribution in [0.15, 0.2) is 18.2 Å². The SMILES string of the molecule is CCC[C@@H](N)C(=O)Nc1ccc(Cl)c(OC)c1. The second-order valence-electron chi connectivity index (χ2n) is 3.73. The van der Waals surface area contributed by atoms with E-state index in [9.17, 15) is 4.79 Å². The van der Waals surface area contributed by atoms with Crippen LogP contribution in [0, 0.1) is 0 Å². The van der Waals surface area contributed by atoms with Crippen molar-refractivity contribution < 1.29 is 9.53 Å². The van der Waals surface area contributed by atoms with Gasteiger partial charge >= 0.3 is 0 Å². The van der Waals surface area contributed by atoms with Gasteiger partial charge in [0.05, 0.1) is 18.2 Å². The second-order valence-corrected chi connectivity index (χ2v) is 4.14. The zero-order valence-corrected chi connectivity index (χ0v) is 10.8. The van der Waals surface area contributed by atoms with E-state index < -0.39 is 6.04 Å². The first-order valence-electron chi connectivity index (χ1n) is 5.48. The number of ether oxygens (including phenoxy) is 1. The fourth-order valence-electron chi connectivity index (χ4n) is 1.41. The van der Waals surface area contributed by atoms with E-state index in [2.05, 4.69) is 5.32 Å². The predicted octanol–water partition coefficient (Wildman–Crippen LogP) is 2.41. The molecule has 0 saturated heterocycles. The van der Waals surface area contributed by atoms with Crippen molar-refractivity contribution in [3.8, 4) is 5.75 Å². The first kappa shape index (κ1) is 13.8. The molecule has 1 rings (SSSR count). The van der Waals surface area contributed by atoms with Crippen LogP contribution in [0.3, 0.4) is 0 Å². The fraction of sp³-hybridized carbons (Fsp3) is 0.417. The van der Waals surface area contributed by atoms with Crippen molar-refractivity contribution in [1.82, 2.24) is 0 Å². The molecule has 17 heavy (non-hydrogen) atoms. The van der Waals surface area contributed by atoms with Crippen LogP contribution < -0.4 is 15.8 Å². The van der Waals surface area contributed by atoms with Gasteiger partial charge in [-0.25, -0.2) is 0 Å². The lowest BCUT2D eigenvalue weighted by Gasteiger charge is -2.12. The van der Waals surface area contributed by atoms with Crippen molar-refractivity contribution >= 4 is 23.2 Å². The number of amides is 1. The summed E-state index contributed by atoms with van der Waals surface area (Å²) in [5, 5.41) is 3.23. The molecule has 0 fully saturated rings. The molecule has 94 valence electrons. The molecule has 0 bridgehead atoms. The third-order valence-corrected chi connectivity index (χ3v) is 2.67. The Kier molecular flexibility index (Phi) is 5.25. The molecule has 0 radical (unpaired) electrons. The Labute approximate surface area is 106 Å². The van der Waals surface area contributed by atoms with Gasteiger partial charge in [-0.3, -0.25) is 4.79 Å². The number of nitrogens with two attached hydrogens (primary N) is 1. The van der Waals surface area contributed by atoms with Gasteiger partial charge in [0.1, 0.15) is 5.75 Å². The van der Waals surface area contributed by atoms with Gasteiger partial charge in [-0.1, -0.05) is 24.9 Å². The number of benzene rings is 1. The van der Waals surface area contributed by atoms with Crippen molar-refractivity contribution in [3.63, 3.8) is 0 Å². The molecule has 0 spiro atoms. The van der Waals surface area contributed by atoms with Crippen molar-refractivity contribution in [1.29, 1.82) is 0 Å². The number of hydrogen-bond donors (Lipinski definition) is 2. The van der Waals surface area contributed by atoms with Crippen molar-refractivity contribution in [2.75, 3.05) is 12.4 Å². The van der Waals surface area contributed by atoms with Gasteiger partial charge in [0, 0.05) is 11.8 Å². The molecule has 3 N–H and O–H groups in total. The Bertz CT molecular complexity index is 396. The highest BCUT2D eigenvalue weighted by Gasteiger charge is 2.13. The normalized spacial score (nSPS) is 12.0. The van der Waals surface area contributed by atoms with E-state index in [4.69, 9.17) is 22.1 Å². The van der Waals surface area contributed by atoms with Crippen LogP contribution in [0.25, 0.3) is 0 Å². The van der Waals surface area contributed by atoms with Gasteiger partial charge in [-0.05, 0) is 18.6 Å². The van der Waals surface area contributed by atoms with Gasteiger partial charge in [0.15, 0.2) is 0 Å². The minimum Gasteiger partial charge on any atom is -0.495 e. The van der Waals surface area contributed by atoms with Crippen molar-refractivity contribution in [2.24, 2.45) is 5.73 Å². The number of halogens is 1. The van der Waals surface area contributed by atoms with Crippen LogP contribution in [0.5, 0.6) is 5.75 Å². The summed E-state index contributed by atoms with van der Waals surface area (Å²) in [5.74, 6) is 0.324. The highest BCUT2D eigenvalue weighted by Crippen LogP contribution is 2.27. The van der Waals surface area contributed by atoms with Crippen molar-refractivity contribution in [2.45, 2.75) is 25.8 Å². The maximum atomic E-state index is 11.7. The van der Waals surface area contributed by atoms with E-state index in [1.165, 1.54) is 7.11 Å². The summed E-state index contributed by atoms with van der Waals surface area (Å²) in [6.45, 7) is 1.98. The van der Waals surface area contributed by atoms with Crippen LogP contribution in [0.1, 0.15) is 19.8 Å². The minimum atomic E-state index is -0.485. The lowest BCUT2D eigenvalue weighted by atomic mass is 10.1. The summed E-state index contributed by atoms with van der Waals surface area (Å²) >= 11 is 5.88. The summed E-state index contributed by atoms with van der Waals surface area (Å²) in [5.41, 5.74) is 6.33. The Hall–Kier alpha value is -1.26. The average Bonchev–Trinajstić information content (AvgIpc) is 2.31. The van der Waals surface area contributed by atoms with Gasteiger partial charge in [0.2, 0.25) is 5.91 Å². The molecule has 0 saturated carbocycles. The Morgan fingerprint density at radius 1 is 1.59 bits per heavy atom. The Morgan fingerprint density at radius 3 is 2.88 bits per heavy atom. The van der Waals surface area contributed by atoms with Gasteiger partial charge in [0.25, 0.3) is 0 Å². The average molecular weight is 257 g/mol. The molecule has 4 nitrogen and oxygen atoms in total. The maximum Gasteiger partial charge on any atom is 0.241 e. The quantitative estimate of drug-likeness (QED) is 0.850. The predicted molar refractivity (Wildman–Crippen MR) is 69.5 cm³/mol. The van der Waals surface area contributed by atoms with Gasteiger partial charge in [-0.15, -0.1) is 0 Å². The molecule has 0 heterocycles. The zero-order valence-electron chi connectivity index (χ0n) is 10.00. The van der Waals surface area contributed by atoms with E-state index in [0.29, 0.717) is 22.9 Å². The fourth-order valence-corrected chi connectivity index (χ4v) is 1.61. The highest BCUT2D eigenvalue weighted by molar-refractivity contribution is 6.32. The maximum absolute atomic E-state index is 11.7. The summed E-state index contributed by atoms with van der Waals surface area (Å²) in [7, 11) is 1.52. The van der Waals surface area contributed by atoms with E-state index >= 15 is 0 Å². The van der Waals surface area contributed by atoms with Crippen LogP contribution in [-0.4, -0.2) is 19.1 Å². The van der Waals surface area contributed by atoms with Crippen LogP contribution >= 0.6 is 11.6 Å². The smallest absolute Gasteiger partial charge is 0.241 e. The first-order chi connectivity index (χ1) is 8.08. The third-order valence-electron chi connectivity index (χ3n) is 2.36. The standard InChI is InChI=1S/C12H17ClN2O2/c1-3-4-10(14)12(16)15-8-5-6-9(13)11(7-8)17-2/h5-7,10H,3-4,14H2,1-2H3,(H,15,16)/t10-/m1/s1. The lowest BCUT2D eigenvalue weighted by Crippen LogP contribution is -2.35. The second kappa shape index (κ2) is 6.47. The zero-order chi connectivity index (χ0) is 12.8. The molecule has 0 aliphatic carbocycles. The van der Waals surface area contributed by atoms with Crippen LogP contribution in [0.4, 0.5) is 5.69 Å². The minimum absolute atomic E-state index is 0.198. The molecule has 1 aromatic rings. The van der Waals surface area contributed by atoms with E-state index in [-0.39, 0.29) is 5.91 Å². The number of anilines is 1. The number of methoxy groups -OCH3 is 1. The number of rotatable bonds is 5. The van der Waals surface area contributed by atoms with Crippen LogP contribution in [0.2, 0.25) is 5.02 Å². The number of nitrogens with one attached hydrogen (secondary N) is 1. The summed E-state index contributed by atoms with van der Waals surface area (Å²) in [6.07, 6.45) is 1.54. The number of carbonyl (C=O) groups excluding carboxylic acids is 1. The number of hydrogen-bond acceptors (Lipinski definition) is 3. The first-order valence-corrected chi connectivity index (χ1v) is 5.86. The summed E-state index contributed by atoms with van der Waals surface area (Å²) in [6, 6.07) is 4.56. The monoisotopic (exact) mass is 256 g/mol. The van der Waals surface area contributed by atoms with Gasteiger partial charge < -0.3 is 15.8 Å². The van der Waals surface area contributed by atoms with Crippen LogP contribution in [-0.2, 0) is 4.79 Å². The highest BCUT2D eigenvalue weighted by atomic mass is 35.5. The molecule has 0 unspecified atom stereocenters.